The highest BCUT2D eigenvalue weighted by molar-refractivity contribution is 5.88. The Morgan fingerprint density at radius 3 is 2.55 bits per heavy atom. The molecule has 0 radical (unpaired) electrons. The fourth-order valence-corrected chi connectivity index (χ4v) is 5.47. The highest BCUT2D eigenvalue weighted by atomic mass is 16.5. The van der Waals surface area contributed by atoms with Crippen molar-refractivity contribution in [1.82, 2.24) is 10.2 Å². The number of benzene rings is 2. The molecule has 2 saturated heterocycles. The van der Waals surface area contributed by atoms with E-state index >= 15 is 0 Å². The number of hydrogen-bond donors (Lipinski definition) is 1. The average molecular weight is 421 g/mol. The predicted molar refractivity (Wildman–Crippen MR) is 125 cm³/mol. The maximum atomic E-state index is 13.4. The first kappa shape index (κ1) is 22.0. The van der Waals surface area contributed by atoms with Gasteiger partial charge in [-0.25, -0.2) is 0 Å². The number of nitrogens with one attached hydrogen (secondary N) is 1. The summed E-state index contributed by atoms with van der Waals surface area (Å²) in [6.45, 7) is 8.62. The highest BCUT2D eigenvalue weighted by Gasteiger charge is 2.42. The van der Waals surface area contributed by atoms with Crippen molar-refractivity contribution in [3.05, 3.63) is 71.3 Å². The van der Waals surface area contributed by atoms with Gasteiger partial charge < -0.3 is 10.1 Å². The van der Waals surface area contributed by atoms with Crippen LogP contribution in [0.3, 0.4) is 0 Å². The molecule has 2 heterocycles. The topological polar surface area (TPSA) is 41.6 Å². The molecule has 2 aromatic rings. The molecule has 31 heavy (non-hydrogen) atoms. The normalized spacial score (nSPS) is 23.5. The van der Waals surface area contributed by atoms with Gasteiger partial charge in [0.25, 0.3) is 0 Å². The summed E-state index contributed by atoms with van der Waals surface area (Å²) in [5.41, 5.74) is 3.29. The van der Waals surface area contributed by atoms with Crippen LogP contribution in [0.5, 0.6) is 0 Å². The summed E-state index contributed by atoms with van der Waals surface area (Å²) in [7, 11) is 0. The second-order valence-electron chi connectivity index (χ2n) is 9.42. The summed E-state index contributed by atoms with van der Waals surface area (Å²) >= 11 is 0. The molecule has 2 aliphatic heterocycles. The van der Waals surface area contributed by atoms with Crippen molar-refractivity contribution in [3.63, 3.8) is 0 Å². The van der Waals surface area contributed by atoms with E-state index in [1.165, 1.54) is 23.1 Å². The third kappa shape index (κ3) is 5.02. The monoisotopic (exact) mass is 420 g/mol. The maximum Gasteiger partial charge on any atom is 0.230 e. The second-order valence-corrected chi connectivity index (χ2v) is 9.42. The van der Waals surface area contributed by atoms with E-state index in [0.29, 0.717) is 25.2 Å². The Morgan fingerprint density at radius 1 is 1.10 bits per heavy atom. The Balaban J connectivity index is 1.33. The molecule has 0 bridgehead atoms. The highest BCUT2D eigenvalue weighted by Crippen LogP contribution is 2.37. The predicted octanol–water partition coefficient (Wildman–Crippen LogP) is 4.46. The van der Waals surface area contributed by atoms with E-state index in [1.54, 1.807) is 0 Å². The lowest BCUT2D eigenvalue weighted by atomic mass is 9.71. The first-order valence-electron chi connectivity index (χ1n) is 11.8. The molecule has 2 fully saturated rings. The van der Waals surface area contributed by atoms with Gasteiger partial charge >= 0.3 is 0 Å². The van der Waals surface area contributed by atoms with Crippen molar-refractivity contribution in [3.8, 4) is 0 Å². The van der Waals surface area contributed by atoms with Crippen LogP contribution in [0.25, 0.3) is 0 Å². The van der Waals surface area contributed by atoms with Crippen LogP contribution in [0, 0.1) is 12.8 Å². The lowest BCUT2D eigenvalue weighted by Crippen LogP contribution is -2.48. The number of likely N-dealkylation sites (tertiary alicyclic amines) is 1. The van der Waals surface area contributed by atoms with Crippen molar-refractivity contribution >= 4 is 5.91 Å². The number of aryl methyl sites for hydroxylation is 1. The van der Waals surface area contributed by atoms with E-state index in [2.05, 4.69) is 66.5 Å². The second kappa shape index (κ2) is 9.97. The minimum absolute atomic E-state index is 0.178. The Bertz CT molecular complexity index is 861. The molecular weight excluding hydrogens is 384 g/mol. The lowest BCUT2D eigenvalue weighted by Gasteiger charge is -2.37. The molecule has 0 unspecified atom stereocenters. The third-order valence-electron chi connectivity index (χ3n) is 7.30. The largest absolute Gasteiger partial charge is 0.381 e. The standard InChI is InChI=1S/C27H36N2O2/c1-21-8-6-7-11-25(21)27(13-16-31-17-14-27)26(30)28-15-12-24-18-22(2)29(20-24)19-23-9-4-3-5-10-23/h3-11,22,24H,12-20H2,1-2H3,(H,28,30)/t22-,24+/m1/s1. The summed E-state index contributed by atoms with van der Waals surface area (Å²) in [5.74, 6) is 0.820. The quantitative estimate of drug-likeness (QED) is 0.719. The number of hydrogen-bond acceptors (Lipinski definition) is 3. The van der Waals surface area contributed by atoms with Crippen LogP contribution in [-0.4, -0.2) is 43.2 Å². The fourth-order valence-electron chi connectivity index (χ4n) is 5.47. The number of carbonyl (C=O) groups is 1. The number of carbonyl (C=O) groups excluding carboxylic acids is 1. The van der Waals surface area contributed by atoms with E-state index < -0.39 is 5.41 Å². The molecule has 0 spiro atoms. The molecule has 4 rings (SSSR count). The smallest absolute Gasteiger partial charge is 0.230 e. The zero-order chi connectivity index (χ0) is 21.7. The molecule has 0 aliphatic carbocycles. The first-order valence-corrected chi connectivity index (χ1v) is 11.8. The maximum absolute atomic E-state index is 13.4. The van der Waals surface area contributed by atoms with Crippen molar-refractivity contribution in [2.45, 2.75) is 57.5 Å². The van der Waals surface area contributed by atoms with E-state index in [-0.39, 0.29) is 5.91 Å². The van der Waals surface area contributed by atoms with Crippen LogP contribution < -0.4 is 5.32 Å². The van der Waals surface area contributed by atoms with Gasteiger partial charge in [-0.15, -0.1) is 0 Å². The summed E-state index contributed by atoms with van der Waals surface area (Å²) in [6, 6.07) is 19.6. The molecule has 0 saturated carbocycles. The molecule has 1 amide bonds. The van der Waals surface area contributed by atoms with Crippen molar-refractivity contribution < 1.29 is 9.53 Å². The fraction of sp³-hybridized carbons (Fsp3) is 0.519. The Kier molecular flexibility index (Phi) is 7.09. The molecule has 4 nitrogen and oxygen atoms in total. The zero-order valence-corrected chi connectivity index (χ0v) is 19.0. The summed E-state index contributed by atoms with van der Waals surface area (Å²) in [4.78, 5) is 16.0. The molecule has 166 valence electrons. The summed E-state index contributed by atoms with van der Waals surface area (Å²) < 4.78 is 5.61. The molecule has 2 aliphatic rings. The van der Waals surface area contributed by atoms with Crippen molar-refractivity contribution in [2.75, 3.05) is 26.3 Å². The van der Waals surface area contributed by atoms with Crippen LogP contribution in [0.15, 0.2) is 54.6 Å². The molecule has 0 aromatic heterocycles. The Labute approximate surface area is 187 Å². The van der Waals surface area contributed by atoms with Gasteiger partial charge in [-0.3, -0.25) is 9.69 Å². The first-order chi connectivity index (χ1) is 15.1. The van der Waals surface area contributed by atoms with Gasteiger partial charge in [0.05, 0.1) is 5.41 Å². The molecule has 4 heteroatoms. The Hall–Kier alpha value is -2.17. The zero-order valence-electron chi connectivity index (χ0n) is 19.0. The SMILES string of the molecule is Cc1ccccc1C1(C(=O)NCC[C@H]2C[C@@H](C)N(Cc3ccccc3)C2)CCOCC1. The van der Waals surface area contributed by atoms with E-state index in [0.717, 1.165) is 38.9 Å². The molecule has 2 atom stereocenters. The number of rotatable bonds is 7. The summed E-state index contributed by atoms with van der Waals surface area (Å²) in [6.07, 6.45) is 3.77. The number of nitrogens with zero attached hydrogens (tertiary/aromatic N) is 1. The molecule has 2 aromatic carbocycles. The van der Waals surface area contributed by atoms with Gasteiger partial charge in [-0.2, -0.15) is 0 Å². The number of amides is 1. The van der Waals surface area contributed by atoms with Gasteiger partial charge in [-0.05, 0) is 62.1 Å². The van der Waals surface area contributed by atoms with E-state index in [4.69, 9.17) is 4.74 Å². The van der Waals surface area contributed by atoms with Crippen molar-refractivity contribution in [1.29, 1.82) is 0 Å². The average Bonchev–Trinajstić information content (AvgIpc) is 3.14. The van der Waals surface area contributed by atoms with Crippen molar-refractivity contribution in [2.24, 2.45) is 5.92 Å². The number of ether oxygens (including phenoxy) is 1. The van der Waals surface area contributed by atoms with Gasteiger partial charge in [0.2, 0.25) is 5.91 Å². The lowest BCUT2D eigenvalue weighted by molar-refractivity contribution is -0.130. The Morgan fingerprint density at radius 2 is 1.81 bits per heavy atom. The molecule has 1 N–H and O–H groups in total. The summed E-state index contributed by atoms with van der Waals surface area (Å²) in [5, 5.41) is 3.31. The van der Waals surface area contributed by atoms with Gasteiger partial charge in [0, 0.05) is 38.9 Å². The van der Waals surface area contributed by atoms with Crippen LogP contribution in [0.4, 0.5) is 0 Å². The molecular formula is C27H36N2O2. The van der Waals surface area contributed by atoms with Crippen LogP contribution in [-0.2, 0) is 21.5 Å². The van der Waals surface area contributed by atoms with Crippen LogP contribution in [0.1, 0.15) is 49.3 Å². The minimum atomic E-state index is -0.452. The van der Waals surface area contributed by atoms with E-state index in [9.17, 15) is 4.79 Å². The van der Waals surface area contributed by atoms with Gasteiger partial charge in [-0.1, -0.05) is 54.6 Å². The van der Waals surface area contributed by atoms with Gasteiger partial charge in [0.1, 0.15) is 0 Å². The van der Waals surface area contributed by atoms with E-state index in [1.807, 2.05) is 12.1 Å². The minimum Gasteiger partial charge on any atom is -0.381 e. The van der Waals surface area contributed by atoms with Crippen LogP contribution in [0.2, 0.25) is 0 Å². The third-order valence-corrected chi connectivity index (χ3v) is 7.30. The van der Waals surface area contributed by atoms with Gasteiger partial charge in [0.15, 0.2) is 0 Å². The van der Waals surface area contributed by atoms with Crippen LogP contribution >= 0.6 is 0 Å².